The first kappa shape index (κ1) is 14.5. The summed E-state index contributed by atoms with van der Waals surface area (Å²) in [4.78, 5) is 4.76. The van der Waals surface area contributed by atoms with Gasteiger partial charge in [0.25, 0.3) is 0 Å². The van der Waals surface area contributed by atoms with Gasteiger partial charge in [0.2, 0.25) is 0 Å². The van der Waals surface area contributed by atoms with Gasteiger partial charge < -0.3 is 5.73 Å². The zero-order valence-corrected chi connectivity index (χ0v) is 12.8. The highest BCUT2D eigenvalue weighted by Gasteiger charge is 2.27. The van der Waals surface area contributed by atoms with E-state index in [4.69, 9.17) is 10.7 Å². The molecule has 0 aliphatic rings. The Morgan fingerprint density at radius 1 is 1.26 bits per heavy atom. The number of aromatic nitrogens is 1. The average Bonchev–Trinajstić information content (AvgIpc) is 2.85. The minimum atomic E-state index is 0.240. The zero-order chi connectivity index (χ0) is 13.7. The summed E-state index contributed by atoms with van der Waals surface area (Å²) in [7, 11) is 0. The van der Waals surface area contributed by atoms with E-state index in [1.165, 1.54) is 29.0 Å². The first-order valence-corrected chi connectivity index (χ1v) is 8.09. The Hall–Kier alpha value is -0.930. The van der Waals surface area contributed by atoms with Crippen molar-refractivity contribution in [2.45, 2.75) is 46.0 Å². The molecule has 0 amide bonds. The molecule has 0 radical (unpaired) electrons. The lowest BCUT2D eigenvalue weighted by Gasteiger charge is -2.30. The number of para-hydroxylation sites is 1. The van der Waals surface area contributed by atoms with Gasteiger partial charge in [-0.2, -0.15) is 0 Å². The highest BCUT2D eigenvalue weighted by molar-refractivity contribution is 7.18. The van der Waals surface area contributed by atoms with Gasteiger partial charge in [0.1, 0.15) is 0 Å². The molecule has 2 aromatic rings. The SMILES string of the molecule is CCCCC(CC)(CN)Cc1nc2ccccc2s1. The maximum atomic E-state index is 6.08. The first-order chi connectivity index (χ1) is 9.23. The van der Waals surface area contributed by atoms with E-state index in [1.807, 2.05) is 11.3 Å². The number of hydrogen-bond donors (Lipinski definition) is 1. The van der Waals surface area contributed by atoms with Crippen molar-refractivity contribution in [1.29, 1.82) is 0 Å². The summed E-state index contributed by atoms with van der Waals surface area (Å²) in [5.74, 6) is 0. The molecule has 1 unspecified atom stereocenters. The molecular formula is C16H24N2S. The molecule has 0 aliphatic heterocycles. The fourth-order valence-corrected chi connectivity index (χ4v) is 3.72. The van der Waals surface area contributed by atoms with Crippen LogP contribution in [0.25, 0.3) is 10.2 Å². The molecule has 0 aliphatic carbocycles. The van der Waals surface area contributed by atoms with Crippen LogP contribution in [0, 0.1) is 5.41 Å². The van der Waals surface area contributed by atoms with Crippen molar-refractivity contribution in [3.63, 3.8) is 0 Å². The fraction of sp³-hybridized carbons (Fsp3) is 0.562. The number of benzene rings is 1. The van der Waals surface area contributed by atoms with Crippen molar-refractivity contribution in [3.05, 3.63) is 29.3 Å². The van der Waals surface area contributed by atoms with Gasteiger partial charge in [0, 0.05) is 6.42 Å². The van der Waals surface area contributed by atoms with Gasteiger partial charge in [-0.25, -0.2) is 4.98 Å². The predicted octanol–water partition coefficient (Wildman–Crippen LogP) is 4.38. The normalized spacial score (nSPS) is 14.7. The number of rotatable bonds is 7. The van der Waals surface area contributed by atoms with Crippen molar-refractivity contribution >= 4 is 21.6 Å². The van der Waals surface area contributed by atoms with Crippen molar-refractivity contribution in [1.82, 2.24) is 4.98 Å². The zero-order valence-electron chi connectivity index (χ0n) is 12.0. The third-order valence-electron chi connectivity index (χ3n) is 4.11. The molecule has 2 N–H and O–H groups in total. The standard InChI is InChI=1S/C16H24N2S/c1-3-5-10-16(4-2,12-17)11-15-18-13-8-6-7-9-14(13)19-15/h6-9H,3-5,10-12,17H2,1-2H3. The number of nitrogens with two attached hydrogens (primary N) is 1. The van der Waals surface area contributed by atoms with Crippen LogP contribution in [0.3, 0.4) is 0 Å². The van der Waals surface area contributed by atoms with E-state index in [0.717, 1.165) is 24.9 Å². The van der Waals surface area contributed by atoms with E-state index in [0.29, 0.717) is 0 Å². The lowest BCUT2D eigenvalue weighted by molar-refractivity contribution is 0.251. The van der Waals surface area contributed by atoms with E-state index in [2.05, 4.69) is 38.1 Å². The van der Waals surface area contributed by atoms with Crippen LogP contribution in [-0.4, -0.2) is 11.5 Å². The number of hydrogen-bond acceptors (Lipinski definition) is 3. The molecular weight excluding hydrogens is 252 g/mol. The van der Waals surface area contributed by atoms with Crippen molar-refractivity contribution < 1.29 is 0 Å². The molecule has 0 spiro atoms. The third-order valence-corrected chi connectivity index (χ3v) is 5.14. The minimum absolute atomic E-state index is 0.240. The minimum Gasteiger partial charge on any atom is -0.330 e. The topological polar surface area (TPSA) is 38.9 Å². The van der Waals surface area contributed by atoms with Crippen LogP contribution in [0.4, 0.5) is 0 Å². The number of unbranched alkanes of at least 4 members (excludes halogenated alkanes) is 1. The summed E-state index contributed by atoms with van der Waals surface area (Å²) in [6.07, 6.45) is 5.88. The van der Waals surface area contributed by atoms with Crippen LogP contribution in [-0.2, 0) is 6.42 Å². The smallest absolute Gasteiger partial charge is 0.0944 e. The molecule has 1 heterocycles. The summed E-state index contributed by atoms with van der Waals surface area (Å²) in [6, 6.07) is 8.38. The fourth-order valence-electron chi connectivity index (χ4n) is 2.58. The van der Waals surface area contributed by atoms with Crippen molar-refractivity contribution in [2.24, 2.45) is 11.1 Å². The second-order valence-corrected chi connectivity index (χ2v) is 6.53. The largest absolute Gasteiger partial charge is 0.330 e. The van der Waals surface area contributed by atoms with Gasteiger partial charge in [0.05, 0.1) is 15.2 Å². The van der Waals surface area contributed by atoms with Crippen LogP contribution in [0.15, 0.2) is 24.3 Å². The lowest BCUT2D eigenvalue weighted by atomic mass is 9.77. The van der Waals surface area contributed by atoms with Crippen LogP contribution in [0.5, 0.6) is 0 Å². The summed E-state index contributed by atoms with van der Waals surface area (Å²) in [6.45, 7) is 5.27. The molecule has 0 bridgehead atoms. The Kier molecular flexibility index (Phi) is 4.94. The van der Waals surface area contributed by atoms with Gasteiger partial charge >= 0.3 is 0 Å². The molecule has 2 nitrogen and oxygen atoms in total. The summed E-state index contributed by atoms with van der Waals surface area (Å²) < 4.78 is 1.29. The Morgan fingerprint density at radius 2 is 2.05 bits per heavy atom. The predicted molar refractivity (Wildman–Crippen MR) is 84.6 cm³/mol. The highest BCUT2D eigenvalue weighted by atomic mass is 32.1. The van der Waals surface area contributed by atoms with Gasteiger partial charge in [-0.15, -0.1) is 11.3 Å². The molecule has 1 aromatic heterocycles. The average molecular weight is 276 g/mol. The van der Waals surface area contributed by atoms with E-state index in [-0.39, 0.29) is 5.41 Å². The van der Waals surface area contributed by atoms with Crippen molar-refractivity contribution in [2.75, 3.05) is 6.54 Å². The summed E-state index contributed by atoms with van der Waals surface area (Å²) >= 11 is 1.82. The third kappa shape index (κ3) is 3.34. The van der Waals surface area contributed by atoms with Gasteiger partial charge in [0.15, 0.2) is 0 Å². The molecule has 0 saturated heterocycles. The Morgan fingerprint density at radius 3 is 2.68 bits per heavy atom. The number of thiazole rings is 1. The van der Waals surface area contributed by atoms with Crippen LogP contribution in [0.2, 0.25) is 0 Å². The van der Waals surface area contributed by atoms with E-state index < -0.39 is 0 Å². The second kappa shape index (κ2) is 6.49. The maximum Gasteiger partial charge on any atom is 0.0944 e. The molecule has 2 rings (SSSR count). The van der Waals surface area contributed by atoms with Gasteiger partial charge in [-0.3, -0.25) is 0 Å². The summed E-state index contributed by atoms with van der Waals surface area (Å²) in [5, 5.41) is 1.24. The first-order valence-electron chi connectivity index (χ1n) is 7.27. The molecule has 1 aromatic carbocycles. The van der Waals surface area contributed by atoms with Crippen LogP contribution >= 0.6 is 11.3 Å². The Bertz CT molecular complexity index is 481. The molecule has 3 heteroatoms. The number of fused-ring (bicyclic) bond motifs is 1. The molecule has 104 valence electrons. The summed E-state index contributed by atoms with van der Waals surface area (Å²) in [5.41, 5.74) is 7.44. The van der Waals surface area contributed by atoms with E-state index >= 15 is 0 Å². The molecule has 0 fully saturated rings. The molecule has 19 heavy (non-hydrogen) atoms. The number of nitrogens with zero attached hydrogens (tertiary/aromatic N) is 1. The van der Waals surface area contributed by atoms with Crippen LogP contribution in [0.1, 0.15) is 44.5 Å². The molecule has 1 atom stereocenters. The molecule has 0 saturated carbocycles. The Labute approximate surface area is 120 Å². The quantitative estimate of drug-likeness (QED) is 0.815. The lowest BCUT2D eigenvalue weighted by Crippen LogP contribution is -2.32. The van der Waals surface area contributed by atoms with Crippen molar-refractivity contribution in [3.8, 4) is 0 Å². The van der Waals surface area contributed by atoms with E-state index in [1.54, 1.807) is 0 Å². The highest BCUT2D eigenvalue weighted by Crippen LogP contribution is 2.34. The van der Waals surface area contributed by atoms with Gasteiger partial charge in [-0.05, 0) is 36.9 Å². The Balaban J connectivity index is 2.20. The van der Waals surface area contributed by atoms with E-state index in [9.17, 15) is 0 Å². The van der Waals surface area contributed by atoms with Gasteiger partial charge in [-0.1, -0.05) is 38.8 Å². The van der Waals surface area contributed by atoms with Crippen LogP contribution < -0.4 is 5.73 Å². The maximum absolute atomic E-state index is 6.08. The monoisotopic (exact) mass is 276 g/mol. The second-order valence-electron chi connectivity index (χ2n) is 5.41.